The lowest BCUT2D eigenvalue weighted by molar-refractivity contribution is 0.179. The highest BCUT2D eigenvalue weighted by Gasteiger charge is 2.26. The third-order valence-corrected chi connectivity index (χ3v) is 4.53. The Morgan fingerprint density at radius 3 is 2.90 bits per heavy atom. The summed E-state index contributed by atoms with van der Waals surface area (Å²) in [5.74, 6) is 8.01. The maximum atomic E-state index is 5.77. The molecular formula is C16H24N2O2. The first-order chi connectivity index (χ1) is 9.86. The van der Waals surface area contributed by atoms with Crippen LogP contribution in [0.5, 0.6) is 5.75 Å². The molecule has 0 aliphatic carbocycles. The van der Waals surface area contributed by atoms with Crippen LogP contribution in [0.4, 0.5) is 0 Å². The molecule has 2 aliphatic rings. The van der Waals surface area contributed by atoms with E-state index in [0.717, 1.165) is 44.8 Å². The minimum absolute atomic E-state index is 0.359. The zero-order valence-corrected chi connectivity index (χ0v) is 11.9. The van der Waals surface area contributed by atoms with Crippen molar-refractivity contribution in [2.75, 3.05) is 19.8 Å². The Hall–Kier alpha value is -1.10. The van der Waals surface area contributed by atoms with Crippen LogP contribution in [0.1, 0.15) is 37.2 Å². The van der Waals surface area contributed by atoms with E-state index in [2.05, 4.69) is 23.6 Å². The zero-order valence-electron chi connectivity index (χ0n) is 11.9. The van der Waals surface area contributed by atoms with Gasteiger partial charge in [-0.3, -0.25) is 11.3 Å². The normalized spacial score (nSPS) is 26.9. The summed E-state index contributed by atoms with van der Waals surface area (Å²) in [6.07, 6.45) is 4.43. The number of nitrogens with one attached hydrogen (secondary N) is 1. The van der Waals surface area contributed by atoms with E-state index in [-0.39, 0.29) is 0 Å². The molecule has 1 fully saturated rings. The molecule has 0 aromatic heterocycles. The first-order valence-electron chi connectivity index (χ1n) is 7.62. The summed E-state index contributed by atoms with van der Waals surface area (Å²) >= 11 is 0. The molecule has 0 spiro atoms. The Morgan fingerprint density at radius 2 is 2.10 bits per heavy atom. The number of hydrazine groups is 1. The summed E-state index contributed by atoms with van der Waals surface area (Å²) in [7, 11) is 0. The number of rotatable bonds is 5. The Bertz CT molecular complexity index is 432. The van der Waals surface area contributed by atoms with E-state index in [9.17, 15) is 0 Å². The fourth-order valence-corrected chi connectivity index (χ4v) is 3.41. The quantitative estimate of drug-likeness (QED) is 0.639. The van der Waals surface area contributed by atoms with Gasteiger partial charge in [0, 0.05) is 19.3 Å². The molecule has 1 aromatic rings. The molecule has 3 atom stereocenters. The maximum absolute atomic E-state index is 5.77. The molecule has 2 heterocycles. The zero-order chi connectivity index (χ0) is 13.8. The number of benzene rings is 1. The predicted octanol–water partition coefficient (Wildman–Crippen LogP) is 2.20. The monoisotopic (exact) mass is 276 g/mol. The minimum atomic E-state index is 0.359. The average molecular weight is 276 g/mol. The van der Waals surface area contributed by atoms with Crippen molar-refractivity contribution in [3.8, 4) is 5.75 Å². The molecule has 20 heavy (non-hydrogen) atoms. The van der Waals surface area contributed by atoms with E-state index in [1.165, 1.54) is 12.0 Å². The molecule has 110 valence electrons. The largest absolute Gasteiger partial charge is 0.493 e. The Morgan fingerprint density at radius 1 is 1.20 bits per heavy atom. The number of ether oxygens (including phenoxy) is 2. The molecule has 3 N–H and O–H groups in total. The van der Waals surface area contributed by atoms with Crippen molar-refractivity contribution in [2.24, 2.45) is 11.8 Å². The van der Waals surface area contributed by atoms with Crippen LogP contribution in [-0.2, 0) is 4.74 Å². The van der Waals surface area contributed by atoms with Gasteiger partial charge in [0.15, 0.2) is 0 Å². The van der Waals surface area contributed by atoms with Gasteiger partial charge in [0.25, 0.3) is 0 Å². The van der Waals surface area contributed by atoms with Gasteiger partial charge in [-0.05, 0) is 49.1 Å². The van der Waals surface area contributed by atoms with Crippen LogP contribution >= 0.6 is 0 Å². The van der Waals surface area contributed by atoms with Gasteiger partial charge in [-0.15, -0.1) is 0 Å². The van der Waals surface area contributed by atoms with E-state index >= 15 is 0 Å². The molecule has 0 radical (unpaired) electrons. The number of fused-ring (bicyclic) bond motifs is 1. The maximum Gasteiger partial charge on any atom is 0.122 e. The standard InChI is InChI=1S/C16H24N2O2/c17-18-14(9-12-5-7-19-11-12)10-13-6-8-20-16-4-2-1-3-15(13)16/h1-4,12-14,18H,5-11,17H2. The van der Waals surface area contributed by atoms with Crippen LogP contribution in [0.3, 0.4) is 0 Å². The second-order valence-electron chi connectivity index (χ2n) is 5.94. The molecule has 4 nitrogen and oxygen atoms in total. The lowest BCUT2D eigenvalue weighted by Gasteiger charge is -2.29. The average Bonchev–Trinajstić information content (AvgIpc) is 3.00. The van der Waals surface area contributed by atoms with E-state index in [4.69, 9.17) is 15.3 Å². The molecule has 0 bridgehead atoms. The second-order valence-corrected chi connectivity index (χ2v) is 5.94. The van der Waals surface area contributed by atoms with Crippen molar-refractivity contribution in [3.05, 3.63) is 29.8 Å². The predicted molar refractivity (Wildman–Crippen MR) is 78.6 cm³/mol. The van der Waals surface area contributed by atoms with Crippen molar-refractivity contribution < 1.29 is 9.47 Å². The lowest BCUT2D eigenvalue weighted by atomic mass is 9.85. The van der Waals surface area contributed by atoms with Gasteiger partial charge in [0.05, 0.1) is 6.61 Å². The number of hydrogen-bond donors (Lipinski definition) is 2. The van der Waals surface area contributed by atoms with Crippen LogP contribution in [0.2, 0.25) is 0 Å². The Labute approximate surface area is 120 Å². The molecule has 3 unspecified atom stereocenters. The van der Waals surface area contributed by atoms with Crippen LogP contribution in [0.15, 0.2) is 24.3 Å². The van der Waals surface area contributed by atoms with Crippen molar-refractivity contribution in [3.63, 3.8) is 0 Å². The highest BCUT2D eigenvalue weighted by Crippen LogP contribution is 2.37. The summed E-state index contributed by atoms with van der Waals surface area (Å²) < 4.78 is 11.2. The third kappa shape index (κ3) is 3.14. The van der Waals surface area contributed by atoms with Gasteiger partial charge in [0.2, 0.25) is 0 Å². The van der Waals surface area contributed by atoms with Crippen molar-refractivity contribution in [2.45, 2.75) is 37.6 Å². The summed E-state index contributed by atoms with van der Waals surface area (Å²) in [6.45, 7) is 2.61. The van der Waals surface area contributed by atoms with E-state index in [0.29, 0.717) is 17.9 Å². The van der Waals surface area contributed by atoms with Crippen LogP contribution in [0.25, 0.3) is 0 Å². The molecule has 0 saturated carbocycles. The minimum Gasteiger partial charge on any atom is -0.493 e. The first-order valence-corrected chi connectivity index (χ1v) is 7.62. The van der Waals surface area contributed by atoms with Gasteiger partial charge in [-0.2, -0.15) is 0 Å². The highest BCUT2D eigenvalue weighted by molar-refractivity contribution is 5.37. The van der Waals surface area contributed by atoms with Crippen molar-refractivity contribution >= 4 is 0 Å². The fourth-order valence-electron chi connectivity index (χ4n) is 3.41. The SMILES string of the molecule is NNC(CC1CCOC1)CC1CCOc2ccccc21. The van der Waals surface area contributed by atoms with Gasteiger partial charge >= 0.3 is 0 Å². The van der Waals surface area contributed by atoms with E-state index in [1.807, 2.05) is 6.07 Å². The number of nitrogens with two attached hydrogens (primary N) is 1. The molecule has 0 amide bonds. The highest BCUT2D eigenvalue weighted by atomic mass is 16.5. The van der Waals surface area contributed by atoms with E-state index in [1.54, 1.807) is 0 Å². The summed E-state index contributed by atoms with van der Waals surface area (Å²) in [4.78, 5) is 0. The molecular weight excluding hydrogens is 252 g/mol. The summed E-state index contributed by atoms with van der Waals surface area (Å²) in [6, 6.07) is 8.74. The van der Waals surface area contributed by atoms with Crippen molar-refractivity contribution in [1.82, 2.24) is 5.43 Å². The molecule has 1 saturated heterocycles. The third-order valence-electron chi connectivity index (χ3n) is 4.53. The fraction of sp³-hybridized carbons (Fsp3) is 0.625. The second kappa shape index (κ2) is 6.57. The first kappa shape index (κ1) is 13.9. The molecule has 3 rings (SSSR count). The Balaban J connectivity index is 1.64. The van der Waals surface area contributed by atoms with Crippen LogP contribution in [-0.4, -0.2) is 25.9 Å². The molecule has 1 aromatic carbocycles. The summed E-state index contributed by atoms with van der Waals surface area (Å²) in [5.41, 5.74) is 4.35. The van der Waals surface area contributed by atoms with E-state index < -0.39 is 0 Å². The van der Waals surface area contributed by atoms with Gasteiger partial charge < -0.3 is 9.47 Å². The number of hydrogen-bond acceptors (Lipinski definition) is 4. The smallest absolute Gasteiger partial charge is 0.122 e. The van der Waals surface area contributed by atoms with Crippen molar-refractivity contribution in [1.29, 1.82) is 0 Å². The van der Waals surface area contributed by atoms with Gasteiger partial charge in [0.1, 0.15) is 5.75 Å². The summed E-state index contributed by atoms with van der Waals surface area (Å²) in [5, 5.41) is 0. The lowest BCUT2D eigenvalue weighted by Crippen LogP contribution is -2.38. The number of para-hydroxylation sites is 1. The van der Waals surface area contributed by atoms with Gasteiger partial charge in [-0.1, -0.05) is 18.2 Å². The Kier molecular flexibility index (Phi) is 4.55. The molecule has 4 heteroatoms. The van der Waals surface area contributed by atoms with Gasteiger partial charge in [-0.25, -0.2) is 0 Å². The molecule has 2 aliphatic heterocycles. The topological polar surface area (TPSA) is 56.5 Å². The van der Waals surface area contributed by atoms with Crippen LogP contribution < -0.4 is 16.0 Å². The van der Waals surface area contributed by atoms with Crippen LogP contribution in [0, 0.1) is 5.92 Å².